The normalized spacial score (nSPS) is 12.8. The van der Waals surface area contributed by atoms with Gasteiger partial charge in [0, 0.05) is 11.1 Å². The number of anilines is 4. The molecule has 7 aromatic carbocycles. The predicted molar refractivity (Wildman–Crippen MR) is 256 cm³/mol. The molecule has 1 aliphatic rings. The summed E-state index contributed by atoms with van der Waals surface area (Å²) in [4.78, 5) is 10.1. The zero-order valence-electron chi connectivity index (χ0n) is 34.6. The number of para-hydroxylation sites is 4. The third-order valence-corrected chi connectivity index (χ3v) is 14.9. The number of ether oxygens (including phenoxy) is 1. The molecule has 3 aromatic heterocycles. The summed E-state index contributed by atoms with van der Waals surface area (Å²) in [5.41, 5.74) is 15.1. The first-order valence-corrected chi connectivity index (χ1v) is 23.4. The Kier molecular flexibility index (Phi) is 9.11. The standard InChI is InChI=1S/C55H44N4OTe/c1-36-30-52(56-47-28-29-61-54(36)47)59-48-23-12-11-20-45(48)46-27-26-41(34-51(46)59)60-42-32-39(55(2,3)4)31-40(33-42)57-35-58(50-25-14-13-24-49(50)57)53-43(37-16-7-5-8-17-37)21-15-22-44(53)38-18-9-6-10-19-38/h5-34H,35H2,1-4H3. The molecule has 296 valence electrons. The van der Waals surface area contributed by atoms with Crippen LogP contribution in [0.5, 0.6) is 11.5 Å². The molecule has 61 heavy (non-hydrogen) atoms. The van der Waals surface area contributed by atoms with Gasteiger partial charge in [0.25, 0.3) is 0 Å². The molecule has 11 rings (SSSR count). The number of aryl methyl sites for hydroxylation is 1. The van der Waals surface area contributed by atoms with E-state index in [1.807, 2.05) is 0 Å². The van der Waals surface area contributed by atoms with Gasteiger partial charge in [0.15, 0.2) is 0 Å². The third-order valence-electron chi connectivity index (χ3n) is 12.0. The van der Waals surface area contributed by atoms with E-state index in [2.05, 4.69) is 222 Å². The number of pyridine rings is 1. The van der Waals surface area contributed by atoms with Crippen molar-refractivity contribution in [2.24, 2.45) is 0 Å². The summed E-state index contributed by atoms with van der Waals surface area (Å²) in [5.74, 6) is 2.53. The molecule has 0 unspecified atom stereocenters. The van der Waals surface area contributed by atoms with Crippen molar-refractivity contribution in [1.82, 2.24) is 9.55 Å². The summed E-state index contributed by atoms with van der Waals surface area (Å²) >= 11 is -0.317. The number of hydrogen-bond acceptors (Lipinski definition) is 4. The van der Waals surface area contributed by atoms with E-state index in [1.54, 1.807) is 0 Å². The van der Waals surface area contributed by atoms with Crippen molar-refractivity contribution in [2.45, 2.75) is 33.1 Å². The van der Waals surface area contributed by atoms with Crippen LogP contribution >= 0.6 is 0 Å². The number of fused-ring (bicyclic) bond motifs is 5. The van der Waals surface area contributed by atoms with Crippen LogP contribution < -0.4 is 14.5 Å². The van der Waals surface area contributed by atoms with Crippen molar-refractivity contribution in [3.8, 4) is 39.6 Å². The van der Waals surface area contributed by atoms with Crippen LogP contribution in [-0.4, -0.2) is 36.7 Å². The fraction of sp³-hybridized carbons (Fsp3) is 0.109. The van der Waals surface area contributed by atoms with Gasteiger partial charge < -0.3 is 9.80 Å². The Morgan fingerprint density at radius 2 is 1.23 bits per heavy atom. The van der Waals surface area contributed by atoms with Gasteiger partial charge in [-0.25, -0.2) is 0 Å². The Hall–Kier alpha value is -6.58. The summed E-state index contributed by atoms with van der Waals surface area (Å²) in [6, 6.07) is 63.3. The second-order valence-electron chi connectivity index (χ2n) is 17.0. The molecule has 0 aliphatic carbocycles. The van der Waals surface area contributed by atoms with Gasteiger partial charge >= 0.3 is 177 Å². The molecular formula is C55H44N4OTe. The monoisotopic (exact) mass is 906 g/mol. The molecule has 0 spiro atoms. The van der Waals surface area contributed by atoms with Gasteiger partial charge in [-0.1, -0.05) is 112 Å². The van der Waals surface area contributed by atoms with E-state index in [0.29, 0.717) is 6.67 Å². The van der Waals surface area contributed by atoms with Gasteiger partial charge in [0.1, 0.15) is 6.67 Å². The SMILES string of the molecule is Cc1cc(-n2c3ccccc3c3ccc(Oc4cc(N5CN(c6c(-c7ccccc7)cccc6-c6ccccc6)c6ccccc65)cc(C(C)(C)C)c4)cc32)nc2cc[te]c12. The topological polar surface area (TPSA) is 33.5 Å². The molecule has 4 heterocycles. The third kappa shape index (κ3) is 6.59. The maximum atomic E-state index is 6.98. The van der Waals surface area contributed by atoms with E-state index in [1.165, 1.54) is 53.2 Å². The van der Waals surface area contributed by atoms with E-state index >= 15 is 0 Å². The van der Waals surface area contributed by atoms with Crippen molar-refractivity contribution in [2.75, 3.05) is 16.5 Å². The van der Waals surface area contributed by atoms with Crippen LogP contribution in [0.3, 0.4) is 0 Å². The van der Waals surface area contributed by atoms with E-state index in [-0.39, 0.29) is 25.8 Å². The summed E-state index contributed by atoms with van der Waals surface area (Å²) in [6.45, 7) is 9.68. The van der Waals surface area contributed by atoms with Gasteiger partial charge in [-0.2, -0.15) is 0 Å². The molecule has 5 nitrogen and oxygen atoms in total. The zero-order valence-corrected chi connectivity index (χ0v) is 37.0. The number of rotatable bonds is 7. The molecule has 0 atom stereocenters. The zero-order chi connectivity index (χ0) is 41.2. The van der Waals surface area contributed by atoms with E-state index in [0.717, 1.165) is 50.9 Å². The Balaban J connectivity index is 1.03. The van der Waals surface area contributed by atoms with Gasteiger partial charge in [0.05, 0.1) is 17.1 Å². The van der Waals surface area contributed by atoms with Crippen molar-refractivity contribution in [1.29, 1.82) is 0 Å². The van der Waals surface area contributed by atoms with Crippen molar-refractivity contribution in [3.63, 3.8) is 0 Å². The second-order valence-corrected chi connectivity index (χ2v) is 19.6. The molecule has 0 bridgehead atoms. The van der Waals surface area contributed by atoms with E-state index < -0.39 is 0 Å². The van der Waals surface area contributed by atoms with Crippen LogP contribution in [0.1, 0.15) is 31.9 Å². The molecule has 0 saturated heterocycles. The van der Waals surface area contributed by atoms with E-state index in [9.17, 15) is 0 Å². The van der Waals surface area contributed by atoms with Gasteiger partial charge in [-0.15, -0.1) is 0 Å². The summed E-state index contributed by atoms with van der Waals surface area (Å²) in [5, 5.41) is 2.38. The van der Waals surface area contributed by atoms with Crippen LogP contribution in [0.2, 0.25) is 0 Å². The average Bonchev–Trinajstić information content (AvgIpc) is 4.01. The first-order chi connectivity index (χ1) is 29.8. The quantitative estimate of drug-likeness (QED) is 0.149. The van der Waals surface area contributed by atoms with Crippen LogP contribution in [0.4, 0.5) is 22.7 Å². The molecule has 0 radical (unpaired) electrons. The van der Waals surface area contributed by atoms with Crippen LogP contribution in [0.15, 0.2) is 180 Å². The van der Waals surface area contributed by atoms with Gasteiger partial charge in [-0.05, 0) is 34.7 Å². The Bertz CT molecular complexity index is 3210. The fourth-order valence-electron chi connectivity index (χ4n) is 9.00. The molecule has 6 heteroatoms. The molecule has 0 N–H and O–H groups in total. The minimum absolute atomic E-state index is 0.127. The predicted octanol–water partition coefficient (Wildman–Crippen LogP) is 14.4. The van der Waals surface area contributed by atoms with Crippen molar-refractivity contribution >= 4 is 73.9 Å². The van der Waals surface area contributed by atoms with Crippen LogP contribution in [0, 0.1) is 6.92 Å². The van der Waals surface area contributed by atoms with Crippen LogP contribution in [-0.2, 0) is 5.41 Å². The molecule has 0 fully saturated rings. The van der Waals surface area contributed by atoms with Crippen molar-refractivity contribution in [3.05, 3.63) is 191 Å². The Morgan fingerprint density at radius 3 is 1.95 bits per heavy atom. The first-order valence-electron chi connectivity index (χ1n) is 20.9. The number of nitrogens with zero attached hydrogens (tertiary/aromatic N) is 4. The molecular weight excluding hydrogens is 860 g/mol. The molecule has 1 aliphatic heterocycles. The molecule has 0 amide bonds. The Labute approximate surface area is 366 Å². The minimum atomic E-state index is -0.317. The molecule has 0 saturated carbocycles. The number of benzene rings is 7. The van der Waals surface area contributed by atoms with Crippen LogP contribution in [0.25, 0.3) is 58.8 Å². The summed E-state index contributed by atoms with van der Waals surface area (Å²) < 4.78 is 13.1. The maximum absolute atomic E-state index is 6.98. The average molecular weight is 905 g/mol. The Morgan fingerprint density at radius 1 is 0.574 bits per heavy atom. The number of aromatic nitrogens is 2. The fourth-order valence-corrected chi connectivity index (χ4v) is 11.3. The summed E-state index contributed by atoms with van der Waals surface area (Å²) in [6.07, 6.45) is 0. The van der Waals surface area contributed by atoms with Gasteiger partial charge in [-0.3, -0.25) is 0 Å². The number of hydrogen-bond donors (Lipinski definition) is 0. The van der Waals surface area contributed by atoms with Gasteiger partial charge in [0.2, 0.25) is 0 Å². The second kappa shape index (κ2) is 14.9. The van der Waals surface area contributed by atoms with Crippen molar-refractivity contribution < 1.29 is 4.74 Å². The first kappa shape index (κ1) is 37.4. The van der Waals surface area contributed by atoms with E-state index in [4.69, 9.17) is 9.72 Å². The summed E-state index contributed by atoms with van der Waals surface area (Å²) in [7, 11) is 0. The molecule has 10 aromatic rings.